The average Bonchev–Trinajstić information content (AvgIpc) is 2.73. The summed E-state index contributed by atoms with van der Waals surface area (Å²) >= 11 is 0.834. The molecule has 0 aliphatic carbocycles. The van der Waals surface area contributed by atoms with Gasteiger partial charge in [-0.1, -0.05) is 37.7 Å². The summed E-state index contributed by atoms with van der Waals surface area (Å²) in [5.41, 5.74) is -0.0673. The maximum Gasteiger partial charge on any atom is 0.416 e. The molecule has 1 aromatic carbocycles. The Morgan fingerprint density at radius 2 is 1.84 bits per heavy atom. The summed E-state index contributed by atoms with van der Waals surface area (Å²) in [6, 6.07) is 5.09. The lowest BCUT2D eigenvalue weighted by atomic mass is 10.1. The van der Waals surface area contributed by atoms with E-state index < -0.39 is 11.7 Å². The molecular formula is C23H30F3NO3S. The van der Waals surface area contributed by atoms with Gasteiger partial charge < -0.3 is 9.64 Å². The van der Waals surface area contributed by atoms with Crippen molar-refractivity contribution < 1.29 is 22.7 Å². The van der Waals surface area contributed by atoms with Gasteiger partial charge in [0.05, 0.1) is 23.8 Å². The van der Waals surface area contributed by atoms with Gasteiger partial charge in [-0.25, -0.2) is 0 Å². The van der Waals surface area contributed by atoms with Crippen molar-refractivity contribution in [3.05, 3.63) is 39.4 Å². The first-order valence-corrected chi connectivity index (χ1v) is 11.6. The third kappa shape index (κ3) is 7.23. The van der Waals surface area contributed by atoms with E-state index in [1.165, 1.54) is 12.1 Å². The molecule has 172 valence electrons. The van der Waals surface area contributed by atoms with Crippen LogP contribution < -0.4 is 9.64 Å². The molecule has 0 aliphatic rings. The Hall–Kier alpha value is -2.09. The van der Waals surface area contributed by atoms with Gasteiger partial charge in [0.1, 0.15) is 0 Å². The fraction of sp³-hybridized carbons (Fsp3) is 0.565. The minimum Gasteiger partial charge on any atom is -0.465 e. The topological polar surface area (TPSA) is 46.6 Å². The van der Waals surface area contributed by atoms with Crippen LogP contribution in [0.5, 0.6) is 0 Å². The van der Waals surface area contributed by atoms with Crippen molar-refractivity contribution in [3.63, 3.8) is 0 Å². The van der Waals surface area contributed by atoms with Crippen molar-refractivity contribution in [2.75, 3.05) is 24.6 Å². The normalized spacial score (nSPS) is 12.7. The Morgan fingerprint density at radius 1 is 1.13 bits per heavy atom. The average molecular weight is 458 g/mol. The number of rotatable bonds is 11. The molecule has 1 unspecified atom stereocenters. The van der Waals surface area contributed by atoms with Crippen molar-refractivity contribution in [1.29, 1.82) is 0 Å². The number of benzene rings is 1. The summed E-state index contributed by atoms with van der Waals surface area (Å²) in [6.45, 7) is 7.54. The molecule has 8 heteroatoms. The van der Waals surface area contributed by atoms with E-state index in [-0.39, 0.29) is 16.6 Å². The zero-order valence-corrected chi connectivity index (χ0v) is 19.1. The highest BCUT2D eigenvalue weighted by atomic mass is 32.1. The SMILES string of the molecule is CCC(C)C(=O)OCCCCCCN(CC)c1cc(=O)sc2cc(C(F)(F)F)ccc12. The third-order valence-corrected chi connectivity index (χ3v) is 6.23. The lowest BCUT2D eigenvalue weighted by Crippen LogP contribution is -2.25. The molecule has 2 aromatic rings. The lowest BCUT2D eigenvalue weighted by molar-refractivity contribution is -0.148. The second kappa shape index (κ2) is 11.5. The summed E-state index contributed by atoms with van der Waals surface area (Å²) in [6.07, 6.45) is -0.134. The number of anilines is 1. The fourth-order valence-corrected chi connectivity index (χ4v) is 4.13. The van der Waals surface area contributed by atoms with Crippen LogP contribution in [0.15, 0.2) is 29.1 Å². The minimum atomic E-state index is -4.44. The number of hydrogen-bond donors (Lipinski definition) is 0. The number of unbranched alkanes of at least 4 members (excludes halogenated alkanes) is 3. The first kappa shape index (κ1) is 25.2. The molecule has 4 nitrogen and oxygen atoms in total. The van der Waals surface area contributed by atoms with Gasteiger partial charge in [0.25, 0.3) is 0 Å². The van der Waals surface area contributed by atoms with Crippen LogP contribution in [0.3, 0.4) is 0 Å². The van der Waals surface area contributed by atoms with Crippen molar-refractivity contribution in [3.8, 4) is 0 Å². The molecule has 0 bridgehead atoms. The lowest BCUT2D eigenvalue weighted by Gasteiger charge is -2.24. The molecule has 0 saturated carbocycles. The summed E-state index contributed by atoms with van der Waals surface area (Å²) < 4.78 is 44.4. The number of alkyl halides is 3. The van der Waals surface area contributed by atoms with Gasteiger partial charge in [-0.05, 0) is 44.7 Å². The molecular weight excluding hydrogens is 427 g/mol. The largest absolute Gasteiger partial charge is 0.465 e. The summed E-state index contributed by atoms with van der Waals surface area (Å²) in [7, 11) is 0. The van der Waals surface area contributed by atoms with Gasteiger partial charge >= 0.3 is 12.1 Å². The van der Waals surface area contributed by atoms with Crippen LogP contribution >= 0.6 is 11.3 Å². The summed E-state index contributed by atoms with van der Waals surface area (Å²) in [5, 5.41) is 0.663. The van der Waals surface area contributed by atoms with Crippen LogP contribution in [-0.4, -0.2) is 25.7 Å². The van der Waals surface area contributed by atoms with Crippen molar-refractivity contribution in [2.45, 2.75) is 59.1 Å². The molecule has 0 fully saturated rings. The highest BCUT2D eigenvalue weighted by molar-refractivity contribution is 7.16. The molecule has 31 heavy (non-hydrogen) atoms. The second-order valence-corrected chi connectivity index (χ2v) is 8.68. The smallest absolute Gasteiger partial charge is 0.416 e. The van der Waals surface area contributed by atoms with Crippen molar-refractivity contribution >= 4 is 33.1 Å². The van der Waals surface area contributed by atoms with Crippen LogP contribution in [0.4, 0.5) is 18.9 Å². The number of halogens is 3. The molecule has 1 heterocycles. The van der Waals surface area contributed by atoms with Crippen LogP contribution in [-0.2, 0) is 15.7 Å². The molecule has 0 saturated heterocycles. The molecule has 1 aromatic heterocycles. The van der Waals surface area contributed by atoms with Gasteiger partial charge in [-0.15, -0.1) is 0 Å². The Balaban J connectivity index is 1.95. The number of esters is 1. The molecule has 0 amide bonds. The van der Waals surface area contributed by atoms with E-state index in [9.17, 15) is 22.8 Å². The predicted octanol–water partition coefficient (Wildman–Crippen LogP) is 6.26. The number of nitrogens with zero attached hydrogens (tertiary/aromatic N) is 1. The van der Waals surface area contributed by atoms with Gasteiger partial charge in [-0.3, -0.25) is 9.59 Å². The van der Waals surface area contributed by atoms with Gasteiger partial charge in [-0.2, -0.15) is 13.2 Å². The number of ether oxygens (including phenoxy) is 1. The van der Waals surface area contributed by atoms with Crippen LogP contribution in [0.1, 0.15) is 58.4 Å². The fourth-order valence-electron chi connectivity index (χ4n) is 3.27. The minimum absolute atomic E-state index is 0.0714. The van der Waals surface area contributed by atoms with Gasteiger partial charge in [0, 0.05) is 29.2 Å². The maximum atomic E-state index is 13.0. The highest BCUT2D eigenvalue weighted by Gasteiger charge is 2.30. The monoisotopic (exact) mass is 457 g/mol. The summed E-state index contributed by atoms with van der Waals surface area (Å²) in [5.74, 6) is -0.225. The molecule has 2 rings (SSSR count). The maximum absolute atomic E-state index is 13.0. The van der Waals surface area contributed by atoms with E-state index in [1.807, 2.05) is 25.7 Å². The molecule has 1 atom stereocenters. The van der Waals surface area contributed by atoms with Crippen LogP contribution in [0.25, 0.3) is 10.1 Å². The van der Waals surface area contributed by atoms with E-state index in [2.05, 4.69) is 0 Å². The Morgan fingerprint density at radius 3 is 2.48 bits per heavy atom. The van der Waals surface area contributed by atoms with Crippen LogP contribution in [0, 0.1) is 5.92 Å². The zero-order valence-electron chi connectivity index (χ0n) is 18.3. The van der Waals surface area contributed by atoms with Gasteiger partial charge in [0.2, 0.25) is 4.74 Å². The molecule has 0 aliphatic heterocycles. The number of fused-ring (bicyclic) bond motifs is 1. The Kier molecular flexibility index (Phi) is 9.34. The third-order valence-electron chi connectivity index (χ3n) is 5.35. The molecule has 0 spiro atoms. The quantitative estimate of drug-likeness (QED) is 0.295. The number of carbonyl (C=O) groups excluding carboxylic acids is 1. The highest BCUT2D eigenvalue weighted by Crippen LogP contribution is 2.35. The Bertz CT molecular complexity index is 926. The van der Waals surface area contributed by atoms with E-state index in [1.54, 1.807) is 0 Å². The van der Waals surface area contributed by atoms with E-state index in [0.717, 1.165) is 55.6 Å². The molecule has 0 radical (unpaired) electrons. The second-order valence-electron chi connectivity index (χ2n) is 7.63. The molecule has 0 N–H and O–H groups in total. The van der Waals surface area contributed by atoms with E-state index in [4.69, 9.17) is 4.74 Å². The van der Waals surface area contributed by atoms with E-state index in [0.29, 0.717) is 35.5 Å². The first-order chi connectivity index (χ1) is 14.7. The summed E-state index contributed by atoms with van der Waals surface area (Å²) in [4.78, 5) is 25.8. The first-order valence-electron chi connectivity index (χ1n) is 10.7. The zero-order chi connectivity index (χ0) is 23.0. The number of hydrogen-bond acceptors (Lipinski definition) is 5. The van der Waals surface area contributed by atoms with Crippen molar-refractivity contribution in [2.24, 2.45) is 5.92 Å². The van der Waals surface area contributed by atoms with E-state index >= 15 is 0 Å². The predicted molar refractivity (Wildman–Crippen MR) is 120 cm³/mol. The van der Waals surface area contributed by atoms with Crippen LogP contribution in [0.2, 0.25) is 0 Å². The number of carbonyl (C=O) groups is 1. The Labute approximate surface area is 185 Å². The van der Waals surface area contributed by atoms with Crippen molar-refractivity contribution in [1.82, 2.24) is 0 Å². The van der Waals surface area contributed by atoms with Gasteiger partial charge in [0.15, 0.2) is 0 Å². The standard InChI is InChI=1S/C23H30F3NO3S/c1-4-16(3)22(29)30-13-9-7-6-8-12-27(5-2)19-15-21(28)31-20-14-17(23(24,25)26)10-11-18(19)20/h10-11,14-16H,4-9,12-13H2,1-3H3.